The third kappa shape index (κ3) is 8.02. The third-order valence-corrected chi connectivity index (χ3v) is 2.14. The summed E-state index contributed by atoms with van der Waals surface area (Å²) >= 11 is 0. The van der Waals surface area contributed by atoms with Gasteiger partial charge in [0, 0.05) is 6.92 Å². The van der Waals surface area contributed by atoms with E-state index in [4.69, 9.17) is 5.11 Å². The maximum atomic E-state index is 12.0. The second-order valence-corrected chi connectivity index (χ2v) is 4.33. The summed E-state index contributed by atoms with van der Waals surface area (Å²) in [5.41, 5.74) is -1.53. The highest BCUT2D eigenvalue weighted by Crippen LogP contribution is 2.20. The van der Waals surface area contributed by atoms with Gasteiger partial charge in [0.1, 0.15) is 18.6 Å². The highest BCUT2D eigenvalue weighted by atomic mass is 19.3. The lowest BCUT2D eigenvalue weighted by atomic mass is 9.93. The van der Waals surface area contributed by atoms with Crippen molar-refractivity contribution < 1.29 is 47.2 Å². The minimum Gasteiger partial charge on any atom is -0.468 e. The van der Waals surface area contributed by atoms with Crippen LogP contribution in [0.2, 0.25) is 0 Å². The quantitative estimate of drug-likeness (QED) is 0.533. The van der Waals surface area contributed by atoms with Crippen LogP contribution in [-0.2, 0) is 28.5 Å². The summed E-state index contributed by atoms with van der Waals surface area (Å²) in [7, 11) is 1.07. The average molecular weight is 314 g/mol. The zero-order valence-corrected chi connectivity index (χ0v) is 11.7. The Morgan fingerprint density at radius 1 is 1.05 bits per heavy atom. The van der Waals surface area contributed by atoms with Crippen LogP contribution in [0.1, 0.15) is 13.8 Å². The Hall–Kier alpha value is -1.97. The molecule has 0 aromatic heterocycles. The number of ether oxygens (including phenoxy) is 4. The van der Waals surface area contributed by atoms with Gasteiger partial charge in [-0.1, -0.05) is 0 Å². The lowest BCUT2D eigenvalue weighted by molar-refractivity contribution is -0.225. The van der Waals surface area contributed by atoms with Crippen LogP contribution < -0.4 is 0 Å². The van der Waals surface area contributed by atoms with Gasteiger partial charge in [0.2, 0.25) is 0 Å². The van der Waals surface area contributed by atoms with Gasteiger partial charge in [0.25, 0.3) is 0 Å². The van der Waals surface area contributed by atoms with E-state index >= 15 is 0 Å². The second-order valence-electron chi connectivity index (χ2n) is 4.33. The molecule has 0 aliphatic heterocycles. The Kier molecular flexibility index (Phi) is 6.99. The number of carbonyl (C=O) groups excluding carboxylic acids is 3. The molecule has 10 heteroatoms. The first-order valence-corrected chi connectivity index (χ1v) is 5.62. The van der Waals surface area contributed by atoms with Crippen LogP contribution in [0.15, 0.2) is 0 Å². The van der Waals surface area contributed by atoms with Crippen LogP contribution in [0.25, 0.3) is 0 Å². The van der Waals surface area contributed by atoms with Crippen molar-refractivity contribution in [1.82, 2.24) is 0 Å². The van der Waals surface area contributed by atoms with Gasteiger partial charge in [0.05, 0.1) is 7.11 Å². The number of hydrogen-bond donors (Lipinski definition) is 1. The molecule has 21 heavy (non-hydrogen) atoms. The molecule has 0 spiro atoms. The van der Waals surface area contributed by atoms with Crippen LogP contribution in [0.4, 0.5) is 13.6 Å². The van der Waals surface area contributed by atoms with Crippen LogP contribution in [0, 0.1) is 5.41 Å². The van der Waals surface area contributed by atoms with Gasteiger partial charge in [0.15, 0.2) is 6.61 Å². The monoisotopic (exact) mass is 314 g/mol. The largest absolute Gasteiger partial charge is 0.508 e. The van der Waals surface area contributed by atoms with Crippen LogP contribution >= 0.6 is 0 Å². The smallest absolute Gasteiger partial charge is 0.468 e. The van der Waals surface area contributed by atoms with Crippen molar-refractivity contribution in [1.29, 1.82) is 0 Å². The topological polar surface area (TPSA) is 108 Å². The number of halogens is 2. The fraction of sp³-hybridized carbons (Fsp3) is 0.727. The van der Waals surface area contributed by atoms with E-state index in [1.165, 1.54) is 6.92 Å². The Morgan fingerprint density at radius 3 is 1.95 bits per heavy atom. The summed E-state index contributed by atoms with van der Waals surface area (Å²) in [5, 5.41) is 8.07. The van der Waals surface area contributed by atoms with E-state index in [-0.39, 0.29) is 0 Å². The van der Waals surface area contributed by atoms with Crippen molar-refractivity contribution in [2.24, 2.45) is 5.41 Å². The van der Waals surface area contributed by atoms with E-state index in [1.807, 2.05) is 0 Å². The zero-order valence-electron chi connectivity index (χ0n) is 11.7. The van der Waals surface area contributed by atoms with Crippen molar-refractivity contribution in [2.75, 3.05) is 26.9 Å². The molecule has 0 bridgehead atoms. The Labute approximate surface area is 118 Å². The van der Waals surface area contributed by atoms with Crippen molar-refractivity contribution in [3.63, 3.8) is 0 Å². The normalized spacial score (nSPS) is 13.8. The number of hydrogen-bond acceptors (Lipinski definition) is 8. The Morgan fingerprint density at radius 2 is 1.52 bits per heavy atom. The molecule has 1 N–H and O–H groups in total. The predicted octanol–water partition coefficient (Wildman–Crippen LogP) is 0.467. The molecular weight excluding hydrogens is 298 g/mol. The molecule has 0 aromatic rings. The van der Waals surface area contributed by atoms with Gasteiger partial charge in [-0.15, -0.1) is 0 Å². The first kappa shape index (κ1) is 19.0. The fourth-order valence-corrected chi connectivity index (χ4v) is 1.07. The number of carbonyl (C=O) groups is 3. The Bertz CT molecular complexity index is 392. The van der Waals surface area contributed by atoms with E-state index in [2.05, 4.69) is 18.9 Å². The van der Waals surface area contributed by atoms with Crippen molar-refractivity contribution >= 4 is 18.1 Å². The molecule has 0 radical (unpaired) electrons. The molecule has 0 amide bonds. The van der Waals surface area contributed by atoms with E-state index < -0.39 is 49.4 Å². The number of aliphatic hydroxyl groups is 1. The molecule has 0 fully saturated rings. The highest BCUT2D eigenvalue weighted by molar-refractivity contribution is 5.77. The molecule has 0 saturated heterocycles. The third-order valence-electron chi connectivity index (χ3n) is 2.14. The van der Waals surface area contributed by atoms with Gasteiger partial charge in [-0.25, -0.2) is 4.79 Å². The average Bonchev–Trinajstić information content (AvgIpc) is 2.38. The van der Waals surface area contributed by atoms with Crippen molar-refractivity contribution in [3.05, 3.63) is 0 Å². The van der Waals surface area contributed by atoms with Gasteiger partial charge in [-0.3, -0.25) is 9.59 Å². The van der Waals surface area contributed by atoms with Crippen molar-refractivity contribution in [2.45, 2.75) is 20.0 Å². The zero-order chi connectivity index (χ0) is 16.7. The number of esters is 2. The molecule has 0 aromatic carbocycles. The maximum Gasteiger partial charge on any atom is 0.508 e. The molecular formula is C11H16F2O8. The number of rotatable bonds is 7. The summed E-state index contributed by atoms with van der Waals surface area (Å²) in [6.07, 6.45) is -5.72. The summed E-state index contributed by atoms with van der Waals surface area (Å²) in [5.74, 6) is -1.52. The van der Waals surface area contributed by atoms with E-state index in [9.17, 15) is 23.2 Å². The summed E-state index contributed by atoms with van der Waals surface area (Å²) < 4.78 is 41.6. The van der Waals surface area contributed by atoms with Crippen LogP contribution in [-0.4, -0.2) is 56.2 Å². The number of alkyl halides is 2. The molecule has 0 rings (SSSR count). The first-order valence-electron chi connectivity index (χ1n) is 5.62. The molecule has 0 aliphatic rings. The lowest BCUT2D eigenvalue weighted by Gasteiger charge is -2.25. The summed E-state index contributed by atoms with van der Waals surface area (Å²) in [4.78, 5) is 33.3. The summed E-state index contributed by atoms with van der Waals surface area (Å²) in [6, 6.07) is 0. The minimum atomic E-state index is -4.19. The van der Waals surface area contributed by atoms with Crippen LogP contribution in [0.3, 0.4) is 0 Å². The van der Waals surface area contributed by atoms with E-state index in [0.29, 0.717) is 0 Å². The molecule has 0 heterocycles. The fourth-order valence-electron chi connectivity index (χ4n) is 1.07. The predicted molar refractivity (Wildman–Crippen MR) is 61.2 cm³/mol. The SMILES string of the molecule is COC(=O)C(C)(COC(C)=O)COC(=O)OCC(O)(F)F. The van der Waals surface area contributed by atoms with Gasteiger partial charge >= 0.3 is 24.2 Å². The second kappa shape index (κ2) is 7.72. The van der Waals surface area contributed by atoms with Crippen LogP contribution in [0.5, 0.6) is 0 Å². The molecule has 1 atom stereocenters. The van der Waals surface area contributed by atoms with Gasteiger partial charge in [-0.2, -0.15) is 8.78 Å². The molecule has 122 valence electrons. The van der Waals surface area contributed by atoms with E-state index in [0.717, 1.165) is 14.0 Å². The lowest BCUT2D eigenvalue weighted by Crippen LogP contribution is -2.40. The highest BCUT2D eigenvalue weighted by Gasteiger charge is 2.38. The molecule has 0 aliphatic carbocycles. The van der Waals surface area contributed by atoms with E-state index in [1.54, 1.807) is 0 Å². The summed E-state index contributed by atoms with van der Waals surface area (Å²) in [6.45, 7) is -0.294. The standard InChI is InChI=1S/C11H16F2O8/c1-7(14)19-4-10(2,8(15)18-3)5-20-9(16)21-6-11(12,13)17/h17H,4-6H2,1-3H3. The van der Waals surface area contributed by atoms with Gasteiger partial charge < -0.3 is 24.1 Å². The molecule has 8 nitrogen and oxygen atoms in total. The van der Waals surface area contributed by atoms with Crippen molar-refractivity contribution in [3.8, 4) is 0 Å². The molecule has 0 saturated carbocycles. The molecule has 1 unspecified atom stereocenters. The first-order chi connectivity index (χ1) is 9.50. The number of methoxy groups -OCH3 is 1. The Balaban J connectivity index is 4.51. The maximum absolute atomic E-state index is 12.0. The minimum absolute atomic E-state index is 0.446. The van der Waals surface area contributed by atoms with Gasteiger partial charge in [-0.05, 0) is 6.92 Å².